The van der Waals surface area contributed by atoms with Gasteiger partial charge in [0.1, 0.15) is 0 Å². The number of rotatable bonds is 5. The van der Waals surface area contributed by atoms with E-state index in [2.05, 4.69) is 10.2 Å². The van der Waals surface area contributed by atoms with Crippen molar-refractivity contribution in [1.82, 2.24) is 4.90 Å². The summed E-state index contributed by atoms with van der Waals surface area (Å²) in [5.41, 5.74) is -0.285. The van der Waals surface area contributed by atoms with Crippen molar-refractivity contribution in [2.24, 2.45) is 11.3 Å². The van der Waals surface area contributed by atoms with Gasteiger partial charge in [0.25, 0.3) is 0 Å². The number of nitrogens with zero attached hydrogens (tertiary/aromatic N) is 1. The molecule has 1 fully saturated rings. The number of aryl methyl sites for hydroxylation is 1. The van der Waals surface area contributed by atoms with E-state index in [4.69, 9.17) is 0 Å². The summed E-state index contributed by atoms with van der Waals surface area (Å²) >= 11 is 0. The van der Waals surface area contributed by atoms with Crippen LogP contribution in [0.1, 0.15) is 51.2 Å². The lowest BCUT2D eigenvalue weighted by molar-refractivity contribution is -0.137. The predicted molar refractivity (Wildman–Crippen MR) is 104 cm³/mol. The van der Waals surface area contributed by atoms with Crippen LogP contribution in [0.2, 0.25) is 0 Å². The van der Waals surface area contributed by atoms with Gasteiger partial charge in [-0.3, -0.25) is 4.79 Å². The Labute approximate surface area is 165 Å². The number of halogens is 3. The third-order valence-electron chi connectivity index (χ3n) is 5.30. The van der Waals surface area contributed by atoms with Crippen LogP contribution in [0.15, 0.2) is 18.2 Å². The molecule has 1 aromatic rings. The standard InChI is InChI=1S/C21H31F3N2O2/c1-14-9-16(21(22,23)24)12-17(10-14)25-19(28)11-15-5-7-26(8-6-15)13-18(27)20(2,3)4/h9-10,12,15,18,27H,5-8,11,13H2,1-4H3,(H,25,28). The molecule has 1 aliphatic rings. The molecule has 28 heavy (non-hydrogen) atoms. The zero-order valence-electron chi connectivity index (χ0n) is 17.1. The highest BCUT2D eigenvalue weighted by Crippen LogP contribution is 2.32. The molecule has 0 saturated carbocycles. The van der Waals surface area contributed by atoms with Gasteiger partial charge in [-0.1, -0.05) is 20.8 Å². The smallest absolute Gasteiger partial charge is 0.391 e. The van der Waals surface area contributed by atoms with Gasteiger partial charge in [-0.2, -0.15) is 13.2 Å². The van der Waals surface area contributed by atoms with E-state index in [-0.39, 0.29) is 22.9 Å². The second kappa shape index (κ2) is 8.82. The van der Waals surface area contributed by atoms with Crippen LogP contribution in [-0.4, -0.2) is 41.7 Å². The fourth-order valence-corrected chi connectivity index (χ4v) is 3.38. The van der Waals surface area contributed by atoms with E-state index in [1.165, 1.54) is 0 Å². The molecule has 0 bridgehead atoms. The number of hydrogen-bond acceptors (Lipinski definition) is 3. The molecule has 1 unspecified atom stereocenters. The van der Waals surface area contributed by atoms with Crippen LogP contribution in [0.4, 0.5) is 18.9 Å². The number of piperidine rings is 1. The summed E-state index contributed by atoms with van der Waals surface area (Å²) in [6.45, 7) is 9.83. The molecule has 1 amide bonds. The average molecular weight is 400 g/mol. The molecule has 0 aromatic heterocycles. The summed E-state index contributed by atoms with van der Waals surface area (Å²) in [5, 5.41) is 12.8. The van der Waals surface area contributed by atoms with Gasteiger partial charge in [-0.25, -0.2) is 0 Å². The summed E-state index contributed by atoms with van der Waals surface area (Å²) < 4.78 is 38.8. The van der Waals surface area contributed by atoms with Gasteiger partial charge in [0.05, 0.1) is 11.7 Å². The molecule has 158 valence electrons. The quantitative estimate of drug-likeness (QED) is 0.767. The number of β-amino-alcohol motifs (C(OH)–C–C–N with tert-alkyl or cyclic N) is 1. The van der Waals surface area contributed by atoms with Crippen molar-refractivity contribution >= 4 is 11.6 Å². The highest BCUT2D eigenvalue weighted by atomic mass is 19.4. The first-order valence-electron chi connectivity index (χ1n) is 9.74. The van der Waals surface area contributed by atoms with Gasteiger partial charge in [0.15, 0.2) is 0 Å². The van der Waals surface area contributed by atoms with Gasteiger partial charge in [-0.05, 0) is 68.0 Å². The van der Waals surface area contributed by atoms with Crippen molar-refractivity contribution in [2.75, 3.05) is 25.0 Å². The van der Waals surface area contributed by atoms with Gasteiger partial charge in [-0.15, -0.1) is 0 Å². The molecular formula is C21H31F3N2O2. The molecule has 1 saturated heterocycles. The number of nitrogens with one attached hydrogen (secondary N) is 1. The Kier molecular flexibility index (Phi) is 7.15. The van der Waals surface area contributed by atoms with Crippen molar-refractivity contribution in [3.63, 3.8) is 0 Å². The predicted octanol–water partition coefficient (Wildman–Crippen LogP) is 4.46. The van der Waals surface area contributed by atoms with Crippen molar-refractivity contribution in [2.45, 2.75) is 59.2 Å². The minimum Gasteiger partial charge on any atom is -0.391 e. The first-order valence-corrected chi connectivity index (χ1v) is 9.74. The number of benzene rings is 1. The number of aliphatic hydroxyl groups excluding tert-OH is 1. The molecule has 2 N–H and O–H groups in total. The lowest BCUT2D eigenvalue weighted by atomic mass is 9.87. The minimum atomic E-state index is -4.43. The Morgan fingerprint density at radius 2 is 1.82 bits per heavy atom. The number of amides is 1. The van der Waals surface area contributed by atoms with E-state index < -0.39 is 17.8 Å². The Bertz CT molecular complexity index is 675. The third-order valence-corrected chi connectivity index (χ3v) is 5.30. The maximum atomic E-state index is 12.9. The maximum absolute atomic E-state index is 12.9. The maximum Gasteiger partial charge on any atom is 0.416 e. The fourth-order valence-electron chi connectivity index (χ4n) is 3.38. The summed E-state index contributed by atoms with van der Waals surface area (Å²) in [6.07, 6.45) is -2.87. The third kappa shape index (κ3) is 6.78. The molecule has 1 aromatic carbocycles. The summed E-state index contributed by atoms with van der Waals surface area (Å²) in [7, 11) is 0. The molecule has 0 spiro atoms. The summed E-state index contributed by atoms with van der Waals surface area (Å²) in [5.74, 6) is -0.0539. The SMILES string of the molecule is Cc1cc(NC(=O)CC2CCN(CC(O)C(C)(C)C)CC2)cc(C(F)(F)F)c1. The first-order chi connectivity index (χ1) is 12.8. The molecule has 0 radical (unpaired) electrons. The normalized spacial score (nSPS) is 18.1. The molecule has 4 nitrogen and oxygen atoms in total. The number of anilines is 1. The average Bonchev–Trinajstić information content (AvgIpc) is 2.54. The fraction of sp³-hybridized carbons (Fsp3) is 0.667. The monoisotopic (exact) mass is 400 g/mol. The van der Waals surface area contributed by atoms with Crippen LogP contribution in [0.5, 0.6) is 0 Å². The molecule has 0 aliphatic carbocycles. The zero-order valence-corrected chi connectivity index (χ0v) is 17.1. The van der Waals surface area contributed by atoms with Gasteiger partial charge in [0.2, 0.25) is 5.91 Å². The number of carbonyl (C=O) groups excluding carboxylic acids is 1. The number of likely N-dealkylation sites (tertiary alicyclic amines) is 1. The zero-order chi connectivity index (χ0) is 21.1. The van der Waals surface area contributed by atoms with E-state index in [1.54, 1.807) is 13.0 Å². The Morgan fingerprint density at radius 1 is 1.21 bits per heavy atom. The van der Waals surface area contributed by atoms with E-state index in [0.717, 1.165) is 38.1 Å². The van der Waals surface area contributed by atoms with Crippen LogP contribution >= 0.6 is 0 Å². The molecule has 7 heteroatoms. The second-order valence-electron chi connectivity index (χ2n) is 8.96. The van der Waals surface area contributed by atoms with E-state index >= 15 is 0 Å². The van der Waals surface area contributed by atoms with Crippen molar-refractivity contribution in [3.8, 4) is 0 Å². The molecule has 1 heterocycles. The minimum absolute atomic E-state index is 0.167. The van der Waals surface area contributed by atoms with E-state index in [0.29, 0.717) is 18.5 Å². The van der Waals surface area contributed by atoms with E-state index in [9.17, 15) is 23.1 Å². The lowest BCUT2D eigenvalue weighted by Crippen LogP contribution is -2.43. The van der Waals surface area contributed by atoms with Crippen LogP contribution in [-0.2, 0) is 11.0 Å². The number of carbonyl (C=O) groups is 1. The summed E-state index contributed by atoms with van der Waals surface area (Å²) in [4.78, 5) is 14.5. The number of hydrogen-bond donors (Lipinski definition) is 2. The number of alkyl halides is 3. The van der Waals surface area contributed by atoms with Gasteiger partial charge >= 0.3 is 6.18 Å². The molecule has 1 aliphatic heterocycles. The lowest BCUT2D eigenvalue weighted by Gasteiger charge is -2.36. The highest BCUT2D eigenvalue weighted by Gasteiger charge is 2.31. The highest BCUT2D eigenvalue weighted by molar-refractivity contribution is 5.91. The Morgan fingerprint density at radius 3 is 2.36 bits per heavy atom. The van der Waals surface area contributed by atoms with Gasteiger partial charge in [0, 0.05) is 18.7 Å². The Balaban J connectivity index is 1.84. The molecule has 1 atom stereocenters. The first kappa shape index (κ1) is 22.7. The van der Waals surface area contributed by atoms with Crippen LogP contribution < -0.4 is 5.32 Å². The summed E-state index contributed by atoms with van der Waals surface area (Å²) in [6, 6.07) is 3.59. The topological polar surface area (TPSA) is 52.6 Å². The van der Waals surface area contributed by atoms with Crippen LogP contribution in [0, 0.1) is 18.3 Å². The van der Waals surface area contributed by atoms with Crippen molar-refractivity contribution in [1.29, 1.82) is 0 Å². The van der Waals surface area contributed by atoms with Crippen molar-refractivity contribution < 1.29 is 23.1 Å². The molecule has 2 rings (SSSR count). The van der Waals surface area contributed by atoms with Crippen LogP contribution in [0.3, 0.4) is 0 Å². The molecular weight excluding hydrogens is 369 g/mol. The van der Waals surface area contributed by atoms with Gasteiger partial charge < -0.3 is 15.3 Å². The van der Waals surface area contributed by atoms with E-state index in [1.807, 2.05) is 20.8 Å². The Hall–Kier alpha value is -1.60. The van der Waals surface area contributed by atoms with Crippen LogP contribution in [0.25, 0.3) is 0 Å². The largest absolute Gasteiger partial charge is 0.416 e. The number of aliphatic hydroxyl groups is 1. The van der Waals surface area contributed by atoms with Crippen molar-refractivity contribution in [3.05, 3.63) is 29.3 Å². The second-order valence-corrected chi connectivity index (χ2v) is 8.96.